The summed E-state index contributed by atoms with van der Waals surface area (Å²) in [6.07, 6.45) is 4.71. The number of hydrogen-bond donors (Lipinski definition) is 1. The molecule has 2 aliphatic rings. The Balaban J connectivity index is 2.17. The van der Waals surface area contributed by atoms with E-state index >= 15 is 0 Å². The number of hydrogen-bond acceptors (Lipinski definition) is 3. The maximum atomic E-state index is 12.4. The fraction of sp³-hybridized carbons (Fsp3) is 0.800. The summed E-state index contributed by atoms with van der Waals surface area (Å²) in [5.74, 6) is -1.37. The van der Waals surface area contributed by atoms with E-state index in [9.17, 15) is 14.4 Å². The minimum Gasteiger partial charge on any atom is -0.481 e. The van der Waals surface area contributed by atoms with Crippen molar-refractivity contribution >= 4 is 17.8 Å². The molecule has 1 saturated carbocycles. The number of carbonyl (C=O) groups is 3. The highest BCUT2D eigenvalue weighted by molar-refractivity contribution is 5.99. The lowest BCUT2D eigenvalue weighted by atomic mass is 9.75. The lowest BCUT2D eigenvalue weighted by molar-refractivity contribution is -0.158. The van der Waals surface area contributed by atoms with Crippen molar-refractivity contribution < 1.29 is 19.5 Å². The van der Waals surface area contributed by atoms with Gasteiger partial charge >= 0.3 is 5.97 Å². The van der Waals surface area contributed by atoms with Crippen molar-refractivity contribution in [2.75, 3.05) is 0 Å². The fourth-order valence-electron chi connectivity index (χ4n) is 3.67. The molecular formula is C15H23NO4. The van der Waals surface area contributed by atoms with Gasteiger partial charge in [0.2, 0.25) is 11.8 Å². The molecule has 1 saturated heterocycles. The second kappa shape index (κ2) is 5.54. The summed E-state index contributed by atoms with van der Waals surface area (Å²) in [7, 11) is 0. The summed E-state index contributed by atoms with van der Waals surface area (Å²) >= 11 is 0. The highest BCUT2D eigenvalue weighted by atomic mass is 16.4. The third-order valence-electron chi connectivity index (χ3n) is 4.74. The first kappa shape index (κ1) is 15.0. The molecule has 0 bridgehead atoms. The predicted octanol–water partition coefficient (Wildman–Crippen LogP) is 2.20. The maximum Gasteiger partial charge on any atom is 0.305 e. The first-order valence-electron chi connectivity index (χ1n) is 7.41. The molecule has 1 aliphatic heterocycles. The number of imide groups is 1. The van der Waals surface area contributed by atoms with E-state index in [1.807, 2.05) is 13.8 Å². The van der Waals surface area contributed by atoms with Crippen LogP contribution >= 0.6 is 0 Å². The van der Waals surface area contributed by atoms with E-state index in [-0.39, 0.29) is 29.6 Å². The quantitative estimate of drug-likeness (QED) is 0.802. The number of carboxylic acids is 1. The third kappa shape index (κ3) is 2.86. The topological polar surface area (TPSA) is 74.7 Å². The average Bonchev–Trinajstić information content (AvgIpc) is 2.74. The van der Waals surface area contributed by atoms with Gasteiger partial charge in [0.1, 0.15) is 0 Å². The molecule has 2 amide bonds. The lowest BCUT2D eigenvalue weighted by Crippen LogP contribution is -2.54. The molecule has 2 rings (SSSR count). The van der Waals surface area contributed by atoms with Crippen LogP contribution in [0.4, 0.5) is 0 Å². The van der Waals surface area contributed by atoms with Crippen LogP contribution < -0.4 is 0 Å². The molecule has 1 spiro atoms. The SMILES string of the molecule is CC(C)C(CC(=O)O)N1C(=O)CC2(CCCC2)CC1=O. The zero-order chi connectivity index (χ0) is 14.9. The molecule has 20 heavy (non-hydrogen) atoms. The number of likely N-dealkylation sites (tertiary alicyclic amines) is 1. The Morgan fingerprint density at radius 1 is 1.20 bits per heavy atom. The summed E-state index contributed by atoms with van der Waals surface area (Å²) < 4.78 is 0. The van der Waals surface area contributed by atoms with Crippen molar-refractivity contribution in [3.63, 3.8) is 0 Å². The van der Waals surface area contributed by atoms with Gasteiger partial charge in [0.25, 0.3) is 0 Å². The zero-order valence-corrected chi connectivity index (χ0v) is 12.2. The van der Waals surface area contributed by atoms with Gasteiger partial charge in [0.15, 0.2) is 0 Å². The summed E-state index contributed by atoms with van der Waals surface area (Å²) in [4.78, 5) is 37.0. The van der Waals surface area contributed by atoms with Crippen LogP contribution in [0.15, 0.2) is 0 Å². The maximum absolute atomic E-state index is 12.4. The smallest absolute Gasteiger partial charge is 0.305 e. The molecule has 0 aromatic heterocycles. The van der Waals surface area contributed by atoms with Gasteiger partial charge in [0.05, 0.1) is 12.5 Å². The van der Waals surface area contributed by atoms with Gasteiger partial charge in [-0.05, 0) is 24.2 Å². The molecule has 1 heterocycles. The van der Waals surface area contributed by atoms with Gasteiger partial charge < -0.3 is 5.11 Å². The third-order valence-corrected chi connectivity index (χ3v) is 4.74. The van der Waals surface area contributed by atoms with Crippen molar-refractivity contribution in [1.29, 1.82) is 0 Å². The molecule has 5 nitrogen and oxygen atoms in total. The van der Waals surface area contributed by atoms with E-state index < -0.39 is 12.0 Å². The second-order valence-corrected chi connectivity index (χ2v) is 6.63. The van der Waals surface area contributed by atoms with Crippen LogP contribution in [0.3, 0.4) is 0 Å². The van der Waals surface area contributed by atoms with Gasteiger partial charge in [0, 0.05) is 12.8 Å². The van der Waals surface area contributed by atoms with Gasteiger partial charge in [-0.3, -0.25) is 19.3 Å². The van der Waals surface area contributed by atoms with E-state index in [4.69, 9.17) is 5.11 Å². The van der Waals surface area contributed by atoms with Crippen molar-refractivity contribution in [3.05, 3.63) is 0 Å². The Morgan fingerprint density at radius 3 is 2.10 bits per heavy atom. The molecule has 5 heteroatoms. The van der Waals surface area contributed by atoms with Crippen LogP contribution in [-0.2, 0) is 14.4 Å². The Bertz CT molecular complexity index is 404. The summed E-state index contributed by atoms with van der Waals surface area (Å²) in [6, 6.07) is -0.522. The van der Waals surface area contributed by atoms with Gasteiger partial charge in [-0.1, -0.05) is 26.7 Å². The van der Waals surface area contributed by atoms with Crippen molar-refractivity contribution in [2.24, 2.45) is 11.3 Å². The Morgan fingerprint density at radius 2 is 1.70 bits per heavy atom. The van der Waals surface area contributed by atoms with Crippen molar-refractivity contribution in [2.45, 2.75) is 64.8 Å². The van der Waals surface area contributed by atoms with Crippen LogP contribution in [0.2, 0.25) is 0 Å². The van der Waals surface area contributed by atoms with Crippen molar-refractivity contribution in [1.82, 2.24) is 4.90 Å². The van der Waals surface area contributed by atoms with E-state index in [2.05, 4.69) is 0 Å². The van der Waals surface area contributed by atoms with Crippen LogP contribution in [0.1, 0.15) is 58.8 Å². The standard InChI is InChI=1S/C15H23NO4/c1-10(2)11(7-14(19)20)16-12(17)8-15(9-13(16)18)5-3-4-6-15/h10-11H,3-9H2,1-2H3,(H,19,20). The molecule has 0 radical (unpaired) electrons. The monoisotopic (exact) mass is 281 g/mol. The van der Waals surface area contributed by atoms with E-state index in [1.54, 1.807) is 0 Å². The Kier molecular flexibility index (Phi) is 4.16. The number of nitrogens with zero attached hydrogens (tertiary/aromatic N) is 1. The highest BCUT2D eigenvalue weighted by Crippen LogP contribution is 2.47. The second-order valence-electron chi connectivity index (χ2n) is 6.63. The largest absolute Gasteiger partial charge is 0.481 e. The lowest BCUT2D eigenvalue weighted by Gasteiger charge is -2.41. The molecule has 1 unspecified atom stereocenters. The van der Waals surface area contributed by atoms with E-state index in [0.29, 0.717) is 12.8 Å². The molecule has 1 aliphatic carbocycles. The van der Waals surface area contributed by atoms with E-state index in [0.717, 1.165) is 25.7 Å². The van der Waals surface area contributed by atoms with Gasteiger partial charge in [-0.25, -0.2) is 0 Å². The van der Waals surface area contributed by atoms with Crippen LogP contribution in [0, 0.1) is 11.3 Å². The normalized spacial score (nSPS) is 23.6. The number of carbonyl (C=O) groups excluding carboxylic acids is 2. The average molecular weight is 281 g/mol. The molecular weight excluding hydrogens is 258 g/mol. The summed E-state index contributed by atoms with van der Waals surface area (Å²) in [5.41, 5.74) is -0.130. The zero-order valence-electron chi connectivity index (χ0n) is 12.2. The van der Waals surface area contributed by atoms with Crippen molar-refractivity contribution in [3.8, 4) is 0 Å². The minimum absolute atomic E-state index is 0.0448. The minimum atomic E-state index is -0.967. The molecule has 1 atom stereocenters. The first-order chi connectivity index (χ1) is 9.34. The highest BCUT2D eigenvalue weighted by Gasteiger charge is 2.47. The Hall–Kier alpha value is -1.39. The molecule has 1 N–H and O–H groups in total. The number of piperidine rings is 1. The predicted molar refractivity (Wildman–Crippen MR) is 72.9 cm³/mol. The van der Waals surface area contributed by atoms with Gasteiger partial charge in [-0.15, -0.1) is 0 Å². The van der Waals surface area contributed by atoms with E-state index in [1.165, 1.54) is 4.90 Å². The number of aliphatic carboxylic acids is 1. The van der Waals surface area contributed by atoms with Crippen LogP contribution in [0.25, 0.3) is 0 Å². The summed E-state index contributed by atoms with van der Waals surface area (Å²) in [6.45, 7) is 3.71. The van der Waals surface area contributed by atoms with Gasteiger partial charge in [-0.2, -0.15) is 0 Å². The Labute approximate surface area is 119 Å². The fourth-order valence-corrected chi connectivity index (χ4v) is 3.67. The number of carboxylic acid groups (broad SMARTS) is 1. The molecule has 0 aromatic rings. The first-order valence-corrected chi connectivity index (χ1v) is 7.41. The van der Waals surface area contributed by atoms with Crippen LogP contribution in [-0.4, -0.2) is 33.8 Å². The molecule has 0 aromatic carbocycles. The number of rotatable bonds is 4. The molecule has 112 valence electrons. The summed E-state index contributed by atoms with van der Waals surface area (Å²) in [5, 5.41) is 8.99. The number of amides is 2. The van der Waals surface area contributed by atoms with Crippen LogP contribution in [0.5, 0.6) is 0 Å². The molecule has 2 fully saturated rings.